The minimum atomic E-state index is -0.615. The number of aryl methyl sites for hydroxylation is 1. The van der Waals surface area contributed by atoms with Crippen molar-refractivity contribution in [3.8, 4) is 0 Å². The topological polar surface area (TPSA) is 84.0 Å². The van der Waals surface area contributed by atoms with Crippen LogP contribution in [0.4, 0.5) is 5.69 Å². The van der Waals surface area contributed by atoms with Gasteiger partial charge >= 0.3 is 0 Å². The van der Waals surface area contributed by atoms with Gasteiger partial charge in [0, 0.05) is 11.9 Å². The van der Waals surface area contributed by atoms with E-state index in [0.717, 1.165) is 5.56 Å². The average molecular weight is 335 g/mol. The molecule has 0 saturated carbocycles. The zero-order valence-corrected chi connectivity index (χ0v) is 13.7. The van der Waals surface area contributed by atoms with E-state index in [1.165, 1.54) is 16.7 Å². The lowest BCUT2D eigenvalue weighted by atomic mass is 10.2. The Morgan fingerprint density at radius 3 is 2.52 bits per heavy atom. The molecule has 0 radical (unpaired) electrons. The van der Waals surface area contributed by atoms with Gasteiger partial charge in [-0.25, -0.2) is 0 Å². The van der Waals surface area contributed by atoms with Gasteiger partial charge in [-0.2, -0.15) is 0 Å². The molecule has 2 aromatic heterocycles. The number of hydrogen-bond donors (Lipinski definition) is 2. The Hall–Kier alpha value is -3.41. The molecule has 0 aliphatic carbocycles. The number of H-pyrrole nitrogens is 1. The monoisotopic (exact) mass is 335 g/mol. The molecule has 0 aliphatic rings. The maximum Gasteiger partial charge on any atom is 0.274 e. The van der Waals surface area contributed by atoms with Crippen LogP contribution < -0.4 is 16.4 Å². The van der Waals surface area contributed by atoms with Crippen molar-refractivity contribution in [3.63, 3.8) is 0 Å². The van der Waals surface area contributed by atoms with Gasteiger partial charge < -0.3 is 14.9 Å². The summed E-state index contributed by atoms with van der Waals surface area (Å²) in [4.78, 5) is 39.3. The normalized spacial score (nSPS) is 10.4. The number of carbonyl (C=O) groups is 1. The van der Waals surface area contributed by atoms with Gasteiger partial charge in [0.25, 0.3) is 17.0 Å². The highest BCUT2D eigenvalue weighted by Crippen LogP contribution is 2.05. The summed E-state index contributed by atoms with van der Waals surface area (Å²) >= 11 is 0. The second-order valence-electron chi connectivity index (χ2n) is 5.68. The van der Waals surface area contributed by atoms with Gasteiger partial charge in [-0.05, 0) is 36.8 Å². The number of anilines is 1. The predicted molar refractivity (Wildman–Crippen MR) is 96.0 cm³/mol. The largest absolute Gasteiger partial charge is 0.326 e. The minimum Gasteiger partial charge on any atom is -0.326 e. The molecule has 6 nitrogen and oxygen atoms in total. The Morgan fingerprint density at radius 1 is 1.04 bits per heavy atom. The molecule has 2 heterocycles. The van der Waals surface area contributed by atoms with E-state index in [0.29, 0.717) is 12.2 Å². The average Bonchev–Trinajstić information content (AvgIpc) is 2.59. The number of nitrogens with zero attached hydrogens (tertiary/aromatic N) is 1. The van der Waals surface area contributed by atoms with Crippen LogP contribution in [0.15, 0.2) is 70.4 Å². The van der Waals surface area contributed by atoms with Crippen molar-refractivity contribution in [3.05, 3.63) is 98.3 Å². The summed E-state index contributed by atoms with van der Waals surface area (Å²) in [5, 5.41) is 2.52. The van der Waals surface area contributed by atoms with Crippen LogP contribution in [0.5, 0.6) is 0 Å². The third-order valence-corrected chi connectivity index (χ3v) is 3.76. The number of benzene rings is 1. The minimum absolute atomic E-state index is 0.0385. The van der Waals surface area contributed by atoms with Crippen molar-refractivity contribution < 1.29 is 4.79 Å². The highest BCUT2D eigenvalue weighted by Gasteiger charge is 2.13. The number of rotatable bonds is 4. The molecule has 126 valence electrons. The van der Waals surface area contributed by atoms with Crippen LogP contribution >= 0.6 is 0 Å². The molecule has 1 amide bonds. The first-order valence-corrected chi connectivity index (χ1v) is 7.79. The van der Waals surface area contributed by atoms with E-state index in [-0.39, 0.29) is 16.8 Å². The summed E-state index contributed by atoms with van der Waals surface area (Å²) in [6, 6.07) is 15.8. The van der Waals surface area contributed by atoms with Crippen molar-refractivity contribution >= 4 is 11.6 Å². The molecule has 6 heteroatoms. The van der Waals surface area contributed by atoms with E-state index in [1.54, 1.807) is 25.3 Å². The molecule has 0 unspecified atom stereocenters. The lowest BCUT2D eigenvalue weighted by Crippen LogP contribution is -2.28. The summed E-state index contributed by atoms with van der Waals surface area (Å²) in [6.07, 6.45) is 1.66. The molecule has 0 spiro atoms. The van der Waals surface area contributed by atoms with E-state index >= 15 is 0 Å². The fourth-order valence-electron chi connectivity index (χ4n) is 2.48. The zero-order chi connectivity index (χ0) is 17.8. The maximum atomic E-state index is 12.5. The smallest absolute Gasteiger partial charge is 0.274 e. The van der Waals surface area contributed by atoms with Gasteiger partial charge in [-0.15, -0.1) is 0 Å². The van der Waals surface area contributed by atoms with Crippen LogP contribution in [0.25, 0.3) is 0 Å². The molecular formula is C19H17N3O3. The summed E-state index contributed by atoms with van der Waals surface area (Å²) in [7, 11) is 0. The molecule has 3 rings (SSSR count). The summed E-state index contributed by atoms with van der Waals surface area (Å²) < 4.78 is 1.50. The molecule has 25 heavy (non-hydrogen) atoms. The van der Waals surface area contributed by atoms with E-state index < -0.39 is 11.5 Å². The van der Waals surface area contributed by atoms with Gasteiger partial charge in [0.05, 0.1) is 6.54 Å². The van der Waals surface area contributed by atoms with Gasteiger partial charge in [0.1, 0.15) is 11.3 Å². The van der Waals surface area contributed by atoms with Crippen molar-refractivity contribution in [2.75, 3.05) is 5.32 Å². The lowest BCUT2D eigenvalue weighted by molar-refractivity contribution is 0.102. The lowest BCUT2D eigenvalue weighted by Gasteiger charge is -2.09. The summed E-state index contributed by atoms with van der Waals surface area (Å²) in [5.41, 5.74) is 0.905. The molecular weight excluding hydrogens is 318 g/mol. The highest BCUT2D eigenvalue weighted by molar-refractivity contribution is 6.03. The number of hydrogen-bond acceptors (Lipinski definition) is 3. The first-order valence-electron chi connectivity index (χ1n) is 7.79. The van der Waals surface area contributed by atoms with Crippen molar-refractivity contribution in [2.24, 2.45) is 0 Å². The van der Waals surface area contributed by atoms with Crippen LogP contribution in [0.1, 0.15) is 21.6 Å². The number of carbonyl (C=O) groups excluding carboxylic acids is 1. The maximum absolute atomic E-state index is 12.5. The number of amides is 1. The second kappa shape index (κ2) is 7.00. The Balaban J connectivity index is 1.86. The Labute approximate surface area is 143 Å². The second-order valence-corrected chi connectivity index (χ2v) is 5.68. The van der Waals surface area contributed by atoms with E-state index in [2.05, 4.69) is 10.3 Å². The molecule has 0 aliphatic heterocycles. The fourth-order valence-corrected chi connectivity index (χ4v) is 2.48. The van der Waals surface area contributed by atoms with Crippen LogP contribution in [0.3, 0.4) is 0 Å². The molecule has 0 saturated heterocycles. The van der Waals surface area contributed by atoms with Crippen LogP contribution in [0, 0.1) is 6.92 Å². The standard InChI is InChI=1S/C19H17N3O3/c1-13-9-10-15(17(23)20-13)18(24)21-16-8-5-11-22(19(16)25)12-14-6-3-2-4-7-14/h2-11H,12H2,1H3,(H,20,23)(H,21,24). The van der Waals surface area contributed by atoms with Gasteiger partial charge in [-0.3, -0.25) is 14.4 Å². The van der Waals surface area contributed by atoms with Crippen LogP contribution in [-0.4, -0.2) is 15.5 Å². The molecule has 0 fully saturated rings. The van der Waals surface area contributed by atoms with E-state index in [4.69, 9.17) is 0 Å². The van der Waals surface area contributed by atoms with Crippen LogP contribution in [-0.2, 0) is 6.54 Å². The molecule has 3 aromatic rings. The number of aromatic amines is 1. The van der Waals surface area contributed by atoms with Gasteiger partial charge in [0.15, 0.2) is 0 Å². The quantitative estimate of drug-likeness (QED) is 0.766. The third kappa shape index (κ3) is 3.74. The fraction of sp³-hybridized carbons (Fsp3) is 0.105. The van der Waals surface area contributed by atoms with E-state index in [9.17, 15) is 14.4 Å². The highest BCUT2D eigenvalue weighted by atomic mass is 16.2. The van der Waals surface area contributed by atoms with Crippen LogP contribution in [0.2, 0.25) is 0 Å². The number of nitrogens with one attached hydrogen (secondary N) is 2. The summed E-state index contributed by atoms with van der Waals surface area (Å²) in [5.74, 6) is -0.615. The summed E-state index contributed by atoms with van der Waals surface area (Å²) in [6.45, 7) is 2.12. The molecule has 0 bridgehead atoms. The Kier molecular flexibility index (Phi) is 4.61. The number of aromatic nitrogens is 2. The van der Waals surface area contributed by atoms with E-state index in [1.807, 2.05) is 30.3 Å². The van der Waals surface area contributed by atoms with Crippen molar-refractivity contribution in [1.82, 2.24) is 9.55 Å². The van der Waals surface area contributed by atoms with Crippen molar-refractivity contribution in [1.29, 1.82) is 0 Å². The Bertz CT molecular complexity index is 1020. The molecule has 1 aromatic carbocycles. The van der Waals surface area contributed by atoms with Crippen molar-refractivity contribution in [2.45, 2.75) is 13.5 Å². The first-order chi connectivity index (χ1) is 12.0. The Morgan fingerprint density at radius 2 is 1.80 bits per heavy atom. The van der Waals surface area contributed by atoms with Gasteiger partial charge in [-0.1, -0.05) is 30.3 Å². The first kappa shape index (κ1) is 16.4. The third-order valence-electron chi connectivity index (χ3n) is 3.76. The predicted octanol–water partition coefficient (Wildman–Crippen LogP) is 2.15. The molecule has 0 atom stereocenters. The van der Waals surface area contributed by atoms with Gasteiger partial charge in [0.2, 0.25) is 0 Å². The SMILES string of the molecule is Cc1ccc(C(=O)Nc2cccn(Cc3ccccc3)c2=O)c(=O)[nH]1. The molecule has 2 N–H and O–H groups in total. The number of pyridine rings is 2. The zero-order valence-electron chi connectivity index (χ0n) is 13.7.